The maximum atomic E-state index is 14.0. The highest BCUT2D eigenvalue weighted by atomic mass is 79.9. The number of nitrogens with zero attached hydrogens (tertiary/aromatic N) is 1. The van der Waals surface area contributed by atoms with Crippen LogP contribution in [0.4, 0.5) is 10.1 Å². The SMILES string of the molecule is Cc1cccc(CBr)c1OCc1cccc([N+](=O)[O-])c1F. The Morgan fingerprint density at radius 2 is 1.90 bits per heavy atom. The molecule has 2 aromatic carbocycles. The quantitative estimate of drug-likeness (QED) is 0.451. The Morgan fingerprint density at radius 3 is 2.57 bits per heavy atom. The number of alkyl halides is 1. The topological polar surface area (TPSA) is 52.4 Å². The lowest BCUT2D eigenvalue weighted by atomic mass is 10.1. The molecule has 0 spiro atoms. The van der Waals surface area contributed by atoms with Crippen LogP contribution in [0.25, 0.3) is 0 Å². The number of benzene rings is 2. The minimum atomic E-state index is -0.850. The fraction of sp³-hybridized carbons (Fsp3) is 0.200. The van der Waals surface area contributed by atoms with Crippen LogP contribution in [0.2, 0.25) is 0 Å². The first kappa shape index (κ1) is 15.4. The second kappa shape index (κ2) is 6.67. The molecular formula is C15H13BrFNO3. The summed E-state index contributed by atoms with van der Waals surface area (Å²) in [5.41, 5.74) is 1.49. The summed E-state index contributed by atoms with van der Waals surface area (Å²) in [7, 11) is 0. The Labute approximate surface area is 129 Å². The fourth-order valence-electron chi connectivity index (χ4n) is 1.99. The van der Waals surface area contributed by atoms with Crippen LogP contribution in [0.15, 0.2) is 36.4 Å². The number of hydrogen-bond donors (Lipinski definition) is 0. The maximum Gasteiger partial charge on any atom is 0.305 e. The molecule has 0 aliphatic rings. The van der Waals surface area contributed by atoms with Gasteiger partial charge in [0.25, 0.3) is 0 Å². The van der Waals surface area contributed by atoms with Crippen LogP contribution in [-0.2, 0) is 11.9 Å². The van der Waals surface area contributed by atoms with Crippen molar-refractivity contribution >= 4 is 21.6 Å². The molecule has 0 heterocycles. The lowest BCUT2D eigenvalue weighted by Crippen LogP contribution is -2.03. The summed E-state index contributed by atoms with van der Waals surface area (Å²) in [6.07, 6.45) is 0. The van der Waals surface area contributed by atoms with E-state index in [9.17, 15) is 14.5 Å². The smallest absolute Gasteiger partial charge is 0.305 e. The molecule has 2 aromatic rings. The number of para-hydroxylation sites is 1. The number of nitro benzene ring substituents is 1. The number of halogens is 2. The van der Waals surface area contributed by atoms with Crippen LogP contribution in [0.1, 0.15) is 16.7 Å². The van der Waals surface area contributed by atoms with Crippen molar-refractivity contribution in [3.63, 3.8) is 0 Å². The summed E-state index contributed by atoms with van der Waals surface area (Å²) < 4.78 is 19.6. The number of aryl methyl sites for hydroxylation is 1. The summed E-state index contributed by atoms with van der Waals surface area (Å²) in [6, 6.07) is 9.77. The maximum absolute atomic E-state index is 14.0. The van der Waals surface area contributed by atoms with Gasteiger partial charge in [-0.3, -0.25) is 10.1 Å². The zero-order valence-electron chi connectivity index (χ0n) is 11.3. The van der Waals surface area contributed by atoms with Gasteiger partial charge < -0.3 is 4.74 Å². The van der Waals surface area contributed by atoms with E-state index in [2.05, 4.69) is 15.9 Å². The third kappa shape index (κ3) is 3.39. The molecule has 110 valence electrons. The van der Waals surface area contributed by atoms with Crippen molar-refractivity contribution in [2.45, 2.75) is 18.9 Å². The third-order valence-corrected chi connectivity index (χ3v) is 3.67. The molecule has 2 rings (SSSR count). The van der Waals surface area contributed by atoms with Crippen molar-refractivity contribution < 1.29 is 14.1 Å². The highest BCUT2D eigenvalue weighted by Gasteiger charge is 2.18. The van der Waals surface area contributed by atoms with Crippen LogP contribution in [0, 0.1) is 22.9 Å². The molecule has 0 atom stereocenters. The Kier molecular flexibility index (Phi) is 4.90. The zero-order valence-corrected chi connectivity index (χ0v) is 12.9. The van der Waals surface area contributed by atoms with Gasteiger partial charge in [-0.2, -0.15) is 4.39 Å². The average Bonchev–Trinajstić information content (AvgIpc) is 2.46. The van der Waals surface area contributed by atoms with Crippen LogP contribution >= 0.6 is 15.9 Å². The molecule has 0 saturated heterocycles. The van der Waals surface area contributed by atoms with E-state index in [4.69, 9.17) is 4.74 Å². The van der Waals surface area contributed by atoms with Crippen molar-refractivity contribution in [2.24, 2.45) is 0 Å². The standard InChI is InChI=1S/C15H13BrFNO3/c1-10-4-2-5-11(8-16)15(10)21-9-12-6-3-7-13(14(12)17)18(19)20/h2-7H,8-9H2,1H3. The number of nitro groups is 1. The third-order valence-electron chi connectivity index (χ3n) is 3.06. The molecule has 21 heavy (non-hydrogen) atoms. The van der Waals surface area contributed by atoms with Crippen molar-refractivity contribution in [1.82, 2.24) is 0 Å². The molecule has 6 heteroatoms. The first-order chi connectivity index (χ1) is 10.0. The van der Waals surface area contributed by atoms with E-state index in [0.29, 0.717) is 11.1 Å². The fourth-order valence-corrected chi connectivity index (χ4v) is 2.44. The summed E-state index contributed by atoms with van der Waals surface area (Å²) in [6.45, 7) is 1.84. The normalized spacial score (nSPS) is 10.4. The molecule has 0 saturated carbocycles. The second-order valence-electron chi connectivity index (χ2n) is 4.49. The van der Waals surface area contributed by atoms with E-state index in [0.717, 1.165) is 17.2 Å². The molecule has 0 aliphatic carbocycles. The van der Waals surface area contributed by atoms with E-state index >= 15 is 0 Å². The molecular weight excluding hydrogens is 341 g/mol. The van der Waals surface area contributed by atoms with Gasteiger partial charge in [-0.15, -0.1) is 0 Å². The predicted octanol–water partition coefficient (Wildman–Crippen LogP) is 4.52. The molecule has 0 radical (unpaired) electrons. The highest BCUT2D eigenvalue weighted by Crippen LogP contribution is 2.27. The first-order valence-electron chi connectivity index (χ1n) is 6.23. The number of ether oxygens (including phenoxy) is 1. The Bertz CT molecular complexity index is 676. The minimum Gasteiger partial charge on any atom is -0.488 e. The van der Waals surface area contributed by atoms with Gasteiger partial charge in [0.1, 0.15) is 12.4 Å². The van der Waals surface area contributed by atoms with E-state index in [1.807, 2.05) is 25.1 Å². The number of hydrogen-bond acceptors (Lipinski definition) is 3. The zero-order chi connectivity index (χ0) is 15.4. The van der Waals surface area contributed by atoms with E-state index in [-0.39, 0.29) is 12.2 Å². The summed E-state index contributed by atoms with van der Waals surface area (Å²) in [5.74, 6) is -0.184. The molecule has 0 bridgehead atoms. The van der Waals surface area contributed by atoms with E-state index < -0.39 is 16.4 Å². The summed E-state index contributed by atoms with van der Waals surface area (Å²) in [5, 5.41) is 11.3. The van der Waals surface area contributed by atoms with Crippen LogP contribution < -0.4 is 4.74 Å². The average molecular weight is 354 g/mol. The first-order valence-corrected chi connectivity index (χ1v) is 7.35. The van der Waals surface area contributed by atoms with Gasteiger partial charge in [-0.25, -0.2) is 0 Å². The molecule has 0 unspecified atom stereocenters. The Hall–Kier alpha value is -1.95. The molecule has 4 nitrogen and oxygen atoms in total. The van der Waals surface area contributed by atoms with Crippen molar-refractivity contribution in [3.8, 4) is 5.75 Å². The Morgan fingerprint density at radius 1 is 1.24 bits per heavy atom. The van der Waals surface area contributed by atoms with Crippen molar-refractivity contribution in [3.05, 3.63) is 69.0 Å². The van der Waals surface area contributed by atoms with Gasteiger partial charge in [-0.05, 0) is 12.5 Å². The largest absolute Gasteiger partial charge is 0.488 e. The van der Waals surface area contributed by atoms with Gasteiger partial charge in [0, 0.05) is 22.5 Å². The second-order valence-corrected chi connectivity index (χ2v) is 5.05. The van der Waals surface area contributed by atoms with Gasteiger partial charge in [-0.1, -0.05) is 46.3 Å². The van der Waals surface area contributed by atoms with Gasteiger partial charge in [0.2, 0.25) is 5.82 Å². The van der Waals surface area contributed by atoms with Gasteiger partial charge in [0.05, 0.1) is 4.92 Å². The van der Waals surface area contributed by atoms with Crippen molar-refractivity contribution in [1.29, 1.82) is 0 Å². The van der Waals surface area contributed by atoms with E-state index in [1.54, 1.807) is 0 Å². The lowest BCUT2D eigenvalue weighted by Gasteiger charge is -2.13. The van der Waals surface area contributed by atoms with Crippen LogP contribution in [0.5, 0.6) is 5.75 Å². The molecule has 0 aliphatic heterocycles. The number of rotatable bonds is 5. The van der Waals surface area contributed by atoms with Crippen molar-refractivity contribution in [2.75, 3.05) is 0 Å². The summed E-state index contributed by atoms with van der Waals surface area (Å²) >= 11 is 3.37. The molecule has 0 amide bonds. The lowest BCUT2D eigenvalue weighted by molar-refractivity contribution is -0.387. The van der Waals surface area contributed by atoms with Crippen LogP contribution in [0.3, 0.4) is 0 Å². The summed E-state index contributed by atoms with van der Waals surface area (Å²) in [4.78, 5) is 9.98. The predicted molar refractivity (Wildman–Crippen MR) is 81.2 cm³/mol. The van der Waals surface area contributed by atoms with E-state index in [1.165, 1.54) is 12.1 Å². The minimum absolute atomic E-state index is 0.0572. The highest BCUT2D eigenvalue weighted by molar-refractivity contribution is 9.08. The molecule has 0 fully saturated rings. The van der Waals surface area contributed by atoms with Gasteiger partial charge in [0.15, 0.2) is 0 Å². The molecule has 0 N–H and O–H groups in total. The van der Waals surface area contributed by atoms with Gasteiger partial charge >= 0.3 is 5.69 Å². The van der Waals surface area contributed by atoms with Crippen LogP contribution in [-0.4, -0.2) is 4.92 Å². The Balaban J connectivity index is 2.25. The monoisotopic (exact) mass is 353 g/mol. The molecule has 0 aromatic heterocycles.